The maximum Gasteiger partial charge on any atom is 0.248 e. The molecular formula is C21H39N3O3. The van der Waals surface area contributed by atoms with Crippen LogP contribution in [0.4, 0.5) is 0 Å². The molecule has 2 saturated heterocycles. The van der Waals surface area contributed by atoms with Gasteiger partial charge in [-0.2, -0.15) is 0 Å². The minimum absolute atomic E-state index is 0.0737. The summed E-state index contributed by atoms with van der Waals surface area (Å²) in [7, 11) is 0. The van der Waals surface area contributed by atoms with Crippen LogP contribution in [0, 0.1) is 17.8 Å². The number of amides is 2. The van der Waals surface area contributed by atoms with Crippen molar-refractivity contribution in [2.75, 3.05) is 45.9 Å². The summed E-state index contributed by atoms with van der Waals surface area (Å²) in [5.74, 6) is 1.75. The molecule has 1 N–H and O–H groups in total. The van der Waals surface area contributed by atoms with E-state index < -0.39 is 0 Å². The highest BCUT2D eigenvalue weighted by molar-refractivity contribution is 5.79. The molecule has 2 fully saturated rings. The van der Waals surface area contributed by atoms with E-state index in [4.69, 9.17) is 4.74 Å². The quantitative estimate of drug-likeness (QED) is 0.655. The third-order valence-corrected chi connectivity index (χ3v) is 6.24. The number of piperidine rings is 2. The average molecular weight is 382 g/mol. The van der Waals surface area contributed by atoms with Gasteiger partial charge < -0.3 is 19.9 Å². The van der Waals surface area contributed by atoms with Crippen molar-refractivity contribution in [1.29, 1.82) is 0 Å². The zero-order chi connectivity index (χ0) is 19.8. The van der Waals surface area contributed by atoms with Crippen molar-refractivity contribution >= 4 is 11.8 Å². The van der Waals surface area contributed by atoms with Gasteiger partial charge in [-0.25, -0.2) is 0 Å². The number of carbonyl (C=O) groups excluding carboxylic acids is 2. The van der Waals surface area contributed by atoms with E-state index in [-0.39, 0.29) is 24.3 Å². The van der Waals surface area contributed by atoms with E-state index in [0.29, 0.717) is 25.1 Å². The smallest absolute Gasteiger partial charge is 0.248 e. The molecule has 0 aliphatic carbocycles. The number of nitrogens with one attached hydrogen (secondary N) is 1. The fraction of sp³-hybridized carbons (Fsp3) is 0.905. The van der Waals surface area contributed by atoms with E-state index in [0.717, 1.165) is 57.8 Å². The third-order valence-electron chi connectivity index (χ3n) is 6.24. The molecular weight excluding hydrogens is 342 g/mol. The SMILES string of the molecule is CC(C)C1CCN(C(=O)COCCNC(=O)C2CCN(C(C)C)CC2)CC1. The van der Waals surface area contributed by atoms with Gasteiger partial charge in [-0.05, 0) is 64.5 Å². The Hall–Kier alpha value is -1.14. The summed E-state index contributed by atoms with van der Waals surface area (Å²) in [5, 5.41) is 2.96. The Kier molecular flexibility index (Phi) is 9.03. The van der Waals surface area contributed by atoms with Crippen LogP contribution in [0.25, 0.3) is 0 Å². The summed E-state index contributed by atoms with van der Waals surface area (Å²) < 4.78 is 5.50. The lowest BCUT2D eigenvalue weighted by molar-refractivity contribution is -0.137. The van der Waals surface area contributed by atoms with Gasteiger partial charge in [0.15, 0.2) is 0 Å². The zero-order valence-corrected chi connectivity index (χ0v) is 17.7. The fourth-order valence-corrected chi connectivity index (χ4v) is 4.14. The standard InChI is InChI=1S/C21H39N3O3/c1-16(2)18-5-12-24(13-6-18)20(25)15-27-14-9-22-21(26)19-7-10-23(11-8-19)17(3)4/h16-19H,5-15H2,1-4H3,(H,22,26). The Balaban J connectivity index is 1.53. The summed E-state index contributed by atoms with van der Waals surface area (Å²) in [6, 6.07) is 0.552. The molecule has 6 nitrogen and oxygen atoms in total. The van der Waals surface area contributed by atoms with Crippen LogP contribution in [-0.2, 0) is 14.3 Å². The number of hydrogen-bond donors (Lipinski definition) is 1. The van der Waals surface area contributed by atoms with Crippen LogP contribution in [0.15, 0.2) is 0 Å². The normalized spacial score (nSPS) is 20.4. The van der Waals surface area contributed by atoms with Crippen molar-refractivity contribution in [2.24, 2.45) is 17.8 Å². The van der Waals surface area contributed by atoms with Crippen molar-refractivity contribution in [3.8, 4) is 0 Å². The van der Waals surface area contributed by atoms with Gasteiger partial charge in [-0.1, -0.05) is 13.8 Å². The second-order valence-corrected chi connectivity index (χ2v) is 8.71. The van der Waals surface area contributed by atoms with Crippen LogP contribution in [0.2, 0.25) is 0 Å². The Morgan fingerprint density at radius 2 is 1.63 bits per heavy atom. The van der Waals surface area contributed by atoms with Gasteiger partial charge in [0.25, 0.3) is 0 Å². The average Bonchev–Trinajstić information content (AvgIpc) is 2.67. The van der Waals surface area contributed by atoms with E-state index >= 15 is 0 Å². The molecule has 0 aromatic carbocycles. The number of ether oxygens (including phenoxy) is 1. The molecule has 2 heterocycles. The molecule has 27 heavy (non-hydrogen) atoms. The molecule has 2 amide bonds. The maximum absolute atomic E-state index is 12.2. The molecule has 0 radical (unpaired) electrons. The molecule has 0 saturated carbocycles. The van der Waals surface area contributed by atoms with Crippen molar-refractivity contribution in [3.63, 3.8) is 0 Å². The maximum atomic E-state index is 12.2. The lowest BCUT2D eigenvalue weighted by Gasteiger charge is -2.34. The molecule has 0 bridgehead atoms. The van der Waals surface area contributed by atoms with Gasteiger partial charge in [0.2, 0.25) is 11.8 Å². The van der Waals surface area contributed by atoms with E-state index in [1.165, 1.54) is 0 Å². The molecule has 156 valence electrons. The highest BCUT2D eigenvalue weighted by Crippen LogP contribution is 2.24. The Labute approximate surface area is 165 Å². The Morgan fingerprint density at radius 1 is 1.00 bits per heavy atom. The summed E-state index contributed by atoms with van der Waals surface area (Å²) in [6.45, 7) is 13.6. The molecule has 0 atom stereocenters. The number of nitrogens with zero attached hydrogens (tertiary/aromatic N) is 2. The monoisotopic (exact) mass is 381 g/mol. The van der Waals surface area contributed by atoms with Gasteiger partial charge in [-0.15, -0.1) is 0 Å². The van der Waals surface area contributed by atoms with E-state index in [1.807, 2.05) is 4.90 Å². The van der Waals surface area contributed by atoms with E-state index in [2.05, 4.69) is 37.9 Å². The highest BCUT2D eigenvalue weighted by atomic mass is 16.5. The summed E-state index contributed by atoms with van der Waals surface area (Å²) >= 11 is 0. The van der Waals surface area contributed by atoms with Crippen LogP contribution in [0.1, 0.15) is 53.4 Å². The van der Waals surface area contributed by atoms with Crippen molar-refractivity contribution in [3.05, 3.63) is 0 Å². The number of rotatable bonds is 8. The minimum atomic E-state index is 0.0737. The first kappa shape index (κ1) is 22.2. The largest absolute Gasteiger partial charge is 0.370 e. The van der Waals surface area contributed by atoms with Crippen LogP contribution in [0.5, 0.6) is 0 Å². The topological polar surface area (TPSA) is 61.9 Å². The molecule has 2 aliphatic heterocycles. The van der Waals surface area contributed by atoms with E-state index in [1.54, 1.807) is 0 Å². The lowest BCUT2D eigenvalue weighted by Crippen LogP contribution is -2.44. The molecule has 2 aliphatic rings. The Bertz CT molecular complexity index is 423. The van der Waals surface area contributed by atoms with Crippen LogP contribution < -0.4 is 5.32 Å². The first-order valence-corrected chi connectivity index (χ1v) is 10.8. The van der Waals surface area contributed by atoms with Crippen LogP contribution >= 0.6 is 0 Å². The first-order valence-electron chi connectivity index (χ1n) is 10.8. The van der Waals surface area contributed by atoms with Gasteiger partial charge in [0.1, 0.15) is 6.61 Å². The second-order valence-electron chi connectivity index (χ2n) is 8.71. The number of hydrogen-bond acceptors (Lipinski definition) is 4. The lowest BCUT2D eigenvalue weighted by atomic mass is 9.87. The van der Waals surface area contributed by atoms with Crippen molar-refractivity contribution < 1.29 is 14.3 Å². The predicted octanol–water partition coefficient (Wildman–Crippen LogP) is 2.13. The second kappa shape index (κ2) is 11.0. The zero-order valence-electron chi connectivity index (χ0n) is 17.7. The molecule has 0 aromatic rings. The summed E-state index contributed by atoms with van der Waals surface area (Å²) in [4.78, 5) is 28.8. The number of carbonyl (C=O) groups is 2. The fourth-order valence-electron chi connectivity index (χ4n) is 4.14. The highest BCUT2D eigenvalue weighted by Gasteiger charge is 2.26. The Morgan fingerprint density at radius 3 is 2.19 bits per heavy atom. The molecule has 6 heteroatoms. The molecule has 0 spiro atoms. The van der Waals surface area contributed by atoms with E-state index in [9.17, 15) is 9.59 Å². The molecule has 0 aromatic heterocycles. The number of likely N-dealkylation sites (tertiary alicyclic amines) is 2. The minimum Gasteiger partial charge on any atom is -0.370 e. The van der Waals surface area contributed by atoms with Gasteiger partial charge >= 0.3 is 0 Å². The predicted molar refractivity (Wildman–Crippen MR) is 107 cm³/mol. The van der Waals surface area contributed by atoms with Gasteiger partial charge in [0, 0.05) is 31.6 Å². The summed E-state index contributed by atoms with van der Waals surface area (Å²) in [5.41, 5.74) is 0. The molecule has 0 unspecified atom stereocenters. The van der Waals surface area contributed by atoms with Crippen LogP contribution in [0.3, 0.4) is 0 Å². The van der Waals surface area contributed by atoms with Gasteiger partial charge in [-0.3, -0.25) is 9.59 Å². The van der Waals surface area contributed by atoms with Crippen molar-refractivity contribution in [1.82, 2.24) is 15.1 Å². The first-order chi connectivity index (χ1) is 12.9. The third kappa shape index (κ3) is 7.07. The molecule has 2 rings (SSSR count). The summed E-state index contributed by atoms with van der Waals surface area (Å²) in [6.07, 6.45) is 4.04. The van der Waals surface area contributed by atoms with Crippen molar-refractivity contribution in [2.45, 2.75) is 59.4 Å². The van der Waals surface area contributed by atoms with Crippen LogP contribution in [-0.4, -0.2) is 73.6 Å². The van der Waals surface area contributed by atoms with Gasteiger partial charge in [0.05, 0.1) is 6.61 Å².